The lowest BCUT2D eigenvalue weighted by molar-refractivity contribution is 0.0378. The Hall–Kier alpha value is -2.12. The van der Waals surface area contributed by atoms with Gasteiger partial charge in [0, 0.05) is 11.8 Å². The summed E-state index contributed by atoms with van der Waals surface area (Å²) in [6.45, 7) is 7.81. The first-order valence-electron chi connectivity index (χ1n) is 8.48. The van der Waals surface area contributed by atoms with Crippen molar-refractivity contribution in [2.45, 2.75) is 57.4 Å². The average Bonchev–Trinajstić information content (AvgIpc) is 2.57. The van der Waals surface area contributed by atoms with Crippen LogP contribution in [0.5, 0.6) is 0 Å². The Morgan fingerprint density at radius 2 is 1.85 bits per heavy atom. The fourth-order valence-corrected chi connectivity index (χ4v) is 2.90. The lowest BCUT2D eigenvalue weighted by Crippen LogP contribution is -2.12. The van der Waals surface area contributed by atoms with Gasteiger partial charge in [-0.25, -0.2) is 9.78 Å². The summed E-state index contributed by atoms with van der Waals surface area (Å²) >= 11 is 1.42. The number of aromatic nitrogens is 2. The molecule has 0 radical (unpaired) electrons. The van der Waals surface area contributed by atoms with E-state index in [1.807, 2.05) is 39.8 Å². The largest absolute Gasteiger partial charge is 0.459 e. The maximum atomic E-state index is 11.8. The molecule has 1 N–H and O–H groups in total. The van der Waals surface area contributed by atoms with E-state index in [1.54, 1.807) is 12.1 Å². The lowest BCUT2D eigenvalue weighted by atomic mass is 10.1. The fourth-order valence-electron chi connectivity index (χ4n) is 2.05. The Bertz CT molecular complexity index is 785. The van der Waals surface area contributed by atoms with Crippen LogP contribution in [0.1, 0.15) is 49.3 Å². The summed E-state index contributed by atoms with van der Waals surface area (Å²) in [6.07, 6.45) is -0.0688. The van der Waals surface area contributed by atoms with Gasteiger partial charge in [0.2, 0.25) is 0 Å². The molecule has 0 spiro atoms. The Morgan fingerprint density at radius 3 is 2.46 bits per heavy atom. The Morgan fingerprint density at radius 1 is 1.15 bits per heavy atom. The monoisotopic (exact) mass is 376 g/mol. The van der Waals surface area contributed by atoms with Crippen molar-refractivity contribution in [1.29, 1.82) is 0 Å². The van der Waals surface area contributed by atoms with E-state index in [9.17, 15) is 9.59 Å². The van der Waals surface area contributed by atoms with Gasteiger partial charge in [0.1, 0.15) is 0 Å². The Kier molecular flexibility index (Phi) is 7.41. The zero-order valence-electron chi connectivity index (χ0n) is 15.4. The number of benzene rings is 1. The number of carbonyl (C=O) groups is 1. The molecule has 2 rings (SSSR count). The van der Waals surface area contributed by atoms with Gasteiger partial charge in [-0.2, -0.15) is 0 Å². The minimum Gasteiger partial charge on any atom is -0.459 e. The number of ether oxygens (including phenoxy) is 2. The molecule has 0 saturated heterocycles. The van der Waals surface area contributed by atoms with Gasteiger partial charge in [-0.15, -0.1) is 0 Å². The first-order valence-corrected chi connectivity index (χ1v) is 9.46. The molecule has 1 heterocycles. The van der Waals surface area contributed by atoms with E-state index in [0.29, 0.717) is 28.8 Å². The smallest absolute Gasteiger partial charge is 0.338 e. The minimum absolute atomic E-state index is 0.0769. The normalized spacial score (nSPS) is 11.2. The van der Waals surface area contributed by atoms with E-state index >= 15 is 0 Å². The van der Waals surface area contributed by atoms with Gasteiger partial charge in [0.15, 0.2) is 5.16 Å². The summed E-state index contributed by atoms with van der Waals surface area (Å²) in [7, 11) is 0. The van der Waals surface area contributed by atoms with Gasteiger partial charge in [0.05, 0.1) is 30.1 Å². The second kappa shape index (κ2) is 9.54. The van der Waals surface area contributed by atoms with Crippen molar-refractivity contribution in [1.82, 2.24) is 9.97 Å². The van der Waals surface area contributed by atoms with Crippen LogP contribution in [0.2, 0.25) is 0 Å². The molecule has 0 bridgehead atoms. The standard InChI is InChI=1S/C19H24N2O4S/c1-12(2)24-10-16-9-17(22)21-19(20-16)26-11-14-5-7-15(8-6-14)18(23)25-13(3)4/h5-9,12-13H,10-11H2,1-4H3,(H,20,21,22). The molecule has 0 aliphatic carbocycles. The maximum absolute atomic E-state index is 11.8. The summed E-state index contributed by atoms with van der Waals surface area (Å²) in [5, 5.41) is 0.545. The number of hydrogen-bond donors (Lipinski definition) is 1. The van der Waals surface area contributed by atoms with E-state index in [-0.39, 0.29) is 23.7 Å². The van der Waals surface area contributed by atoms with Gasteiger partial charge in [0.25, 0.3) is 5.56 Å². The van der Waals surface area contributed by atoms with Crippen molar-refractivity contribution in [2.24, 2.45) is 0 Å². The number of nitrogens with zero attached hydrogens (tertiary/aromatic N) is 1. The van der Waals surface area contributed by atoms with E-state index < -0.39 is 0 Å². The molecular weight excluding hydrogens is 352 g/mol. The number of hydrogen-bond acceptors (Lipinski definition) is 6. The van der Waals surface area contributed by atoms with Crippen LogP contribution in [0.4, 0.5) is 0 Å². The molecule has 0 saturated carbocycles. The highest BCUT2D eigenvalue weighted by Crippen LogP contribution is 2.19. The van der Waals surface area contributed by atoms with Gasteiger partial charge in [-0.1, -0.05) is 23.9 Å². The number of esters is 1. The molecule has 1 aromatic carbocycles. The van der Waals surface area contributed by atoms with E-state index in [1.165, 1.54) is 17.8 Å². The zero-order chi connectivity index (χ0) is 19.1. The predicted octanol–water partition coefficient (Wildman–Crippen LogP) is 3.55. The summed E-state index contributed by atoms with van der Waals surface area (Å²) < 4.78 is 10.7. The average molecular weight is 376 g/mol. The molecule has 2 aromatic rings. The molecule has 0 amide bonds. The summed E-state index contributed by atoms with van der Waals surface area (Å²) in [5.74, 6) is 0.291. The molecule has 0 unspecified atom stereocenters. The van der Waals surface area contributed by atoms with Crippen molar-refractivity contribution in [2.75, 3.05) is 0 Å². The number of rotatable bonds is 8. The van der Waals surface area contributed by atoms with E-state index in [4.69, 9.17) is 9.47 Å². The highest BCUT2D eigenvalue weighted by Gasteiger charge is 2.09. The molecule has 0 fully saturated rings. The molecule has 1 aromatic heterocycles. The number of carbonyl (C=O) groups excluding carboxylic acids is 1. The van der Waals surface area contributed by atoms with Crippen LogP contribution in [-0.4, -0.2) is 28.1 Å². The van der Waals surface area contributed by atoms with Crippen LogP contribution < -0.4 is 5.56 Å². The molecule has 0 aliphatic rings. The van der Waals surface area contributed by atoms with Gasteiger partial charge >= 0.3 is 5.97 Å². The van der Waals surface area contributed by atoms with Gasteiger partial charge in [-0.3, -0.25) is 4.79 Å². The van der Waals surface area contributed by atoms with Crippen molar-refractivity contribution in [3.05, 3.63) is 57.5 Å². The minimum atomic E-state index is -0.331. The maximum Gasteiger partial charge on any atom is 0.338 e. The highest BCUT2D eigenvalue weighted by molar-refractivity contribution is 7.98. The predicted molar refractivity (Wildman–Crippen MR) is 101 cm³/mol. The van der Waals surface area contributed by atoms with Crippen molar-refractivity contribution >= 4 is 17.7 Å². The third kappa shape index (κ3) is 6.65. The SMILES string of the molecule is CC(C)OCc1cc(=O)[nH]c(SCc2ccc(C(=O)OC(C)C)cc2)n1. The molecular formula is C19H24N2O4S. The molecule has 7 heteroatoms. The topological polar surface area (TPSA) is 81.3 Å². The van der Waals surface area contributed by atoms with Gasteiger partial charge < -0.3 is 14.5 Å². The number of H-pyrrole nitrogens is 1. The third-order valence-corrected chi connectivity index (χ3v) is 4.19. The van der Waals surface area contributed by atoms with Crippen LogP contribution in [0.25, 0.3) is 0 Å². The molecule has 26 heavy (non-hydrogen) atoms. The van der Waals surface area contributed by atoms with Crippen LogP contribution in [0.15, 0.2) is 40.3 Å². The van der Waals surface area contributed by atoms with Gasteiger partial charge in [-0.05, 0) is 45.4 Å². The van der Waals surface area contributed by atoms with Crippen LogP contribution in [-0.2, 0) is 21.8 Å². The van der Waals surface area contributed by atoms with Crippen LogP contribution in [0, 0.1) is 0 Å². The second-order valence-electron chi connectivity index (χ2n) is 6.34. The van der Waals surface area contributed by atoms with Crippen molar-refractivity contribution in [3.63, 3.8) is 0 Å². The third-order valence-electron chi connectivity index (χ3n) is 3.25. The molecule has 0 atom stereocenters. The second-order valence-corrected chi connectivity index (χ2v) is 7.31. The summed E-state index contributed by atoms with van der Waals surface area (Å²) in [4.78, 5) is 30.7. The van der Waals surface area contributed by atoms with Crippen molar-refractivity contribution < 1.29 is 14.3 Å². The molecule has 140 valence electrons. The first kappa shape index (κ1) is 20.2. The highest BCUT2D eigenvalue weighted by atomic mass is 32.2. The quantitative estimate of drug-likeness (QED) is 0.431. The first-order chi connectivity index (χ1) is 12.3. The number of thioether (sulfide) groups is 1. The van der Waals surface area contributed by atoms with E-state index in [2.05, 4.69) is 9.97 Å². The Balaban J connectivity index is 1.98. The summed E-state index contributed by atoms with van der Waals surface area (Å²) in [6, 6.07) is 8.66. The number of nitrogens with one attached hydrogen (secondary N) is 1. The fraction of sp³-hybridized carbons (Fsp3) is 0.421. The zero-order valence-corrected chi connectivity index (χ0v) is 16.3. The van der Waals surface area contributed by atoms with Crippen molar-refractivity contribution in [3.8, 4) is 0 Å². The van der Waals surface area contributed by atoms with Crippen LogP contribution >= 0.6 is 11.8 Å². The lowest BCUT2D eigenvalue weighted by Gasteiger charge is -2.09. The summed E-state index contributed by atoms with van der Waals surface area (Å²) in [5.41, 5.74) is 1.95. The molecule has 0 aliphatic heterocycles. The molecule has 6 nitrogen and oxygen atoms in total. The van der Waals surface area contributed by atoms with E-state index in [0.717, 1.165) is 5.56 Å². The van der Waals surface area contributed by atoms with Crippen LogP contribution in [0.3, 0.4) is 0 Å². The number of aromatic amines is 1. The Labute approximate surface area is 157 Å².